The monoisotopic (exact) mass is 1280 g/mol. The number of rotatable bonds is 37. The van der Waals surface area contributed by atoms with Crippen molar-refractivity contribution in [2.24, 2.45) is 39.8 Å². The molecule has 1 aliphatic heterocycles. The van der Waals surface area contributed by atoms with Crippen molar-refractivity contribution < 1.29 is 83.1 Å². The minimum absolute atomic E-state index is 0.0101. The van der Waals surface area contributed by atoms with Crippen LogP contribution in [-0.2, 0) is 70.4 Å². The number of amides is 10. The van der Waals surface area contributed by atoms with Gasteiger partial charge in [0.25, 0.3) is 0 Å². The van der Waals surface area contributed by atoms with Gasteiger partial charge in [-0.2, -0.15) is 0 Å². The number of likely N-dealkylation sites (tertiary alicyclic amines) is 1. The molecule has 500 valence electrons. The number of carboxylic acid groups (broad SMARTS) is 2. The first-order valence-corrected chi connectivity index (χ1v) is 29.9. The second-order valence-electron chi connectivity index (χ2n) is 22.6. The fraction of sp³-hybridized carbons (Fsp3) is 0.542. The van der Waals surface area contributed by atoms with Crippen LogP contribution < -0.4 is 65.5 Å². The largest absolute Gasteiger partial charge is 0.508 e. The van der Waals surface area contributed by atoms with Crippen LogP contribution in [0.25, 0.3) is 10.9 Å². The number of aliphatic hydroxyl groups is 2. The highest BCUT2D eigenvalue weighted by Crippen LogP contribution is 2.24. The van der Waals surface area contributed by atoms with Gasteiger partial charge in [-0.3, -0.25) is 57.7 Å². The molecule has 1 aromatic heterocycles. The van der Waals surface area contributed by atoms with Crippen molar-refractivity contribution >= 4 is 87.9 Å². The fourth-order valence-corrected chi connectivity index (χ4v) is 9.98. The Kier molecular flexibility index (Phi) is 29.0. The molecule has 1 aliphatic rings. The van der Waals surface area contributed by atoms with Crippen molar-refractivity contribution in [3.05, 3.63) is 65.9 Å². The van der Waals surface area contributed by atoms with Crippen molar-refractivity contribution in [2.75, 3.05) is 19.7 Å². The number of primary amides is 1. The molecular formula is C59H87N15O17. The number of aromatic nitrogens is 1. The summed E-state index contributed by atoms with van der Waals surface area (Å²) in [6, 6.07) is -3.19. The number of para-hydroxylation sites is 1. The van der Waals surface area contributed by atoms with Gasteiger partial charge in [0.15, 0.2) is 12.0 Å². The average Bonchev–Trinajstić information content (AvgIpc) is 2.23. The van der Waals surface area contributed by atoms with Gasteiger partial charge >= 0.3 is 11.9 Å². The topological polar surface area (TPSA) is 538 Å². The third kappa shape index (κ3) is 22.5. The van der Waals surface area contributed by atoms with Crippen LogP contribution in [0.4, 0.5) is 0 Å². The number of aliphatic imine (C=N–C) groups is 1. The molecule has 1 fully saturated rings. The molecule has 0 bridgehead atoms. The molecule has 0 radical (unpaired) electrons. The Balaban J connectivity index is 1.70. The highest BCUT2D eigenvalue weighted by molar-refractivity contribution is 6.00. The number of phenolic OH excluding ortho intramolecular Hbond substituents is 1. The van der Waals surface area contributed by atoms with Crippen molar-refractivity contribution in [3.63, 3.8) is 0 Å². The van der Waals surface area contributed by atoms with Crippen LogP contribution in [0.5, 0.6) is 5.75 Å². The number of carbonyl (C=O) groups is 12. The molecule has 13 atom stereocenters. The van der Waals surface area contributed by atoms with Gasteiger partial charge in [0.05, 0.1) is 19.1 Å². The Hall–Kier alpha value is -9.43. The average molecular weight is 1280 g/mol. The molecule has 3 aromatic rings. The van der Waals surface area contributed by atoms with E-state index >= 15 is 0 Å². The number of benzene rings is 2. The summed E-state index contributed by atoms with van der Waals surface area (Å²) in [4.78, 5) is 173. The lowest BCUT2D eigenvalue weighted by molar-refractivity contribution is -0.145. The summed E-state index contributed by atoms with van der Waals surface area (Å²) >= 11 is 0. The summed E-state index contributed by atoms with van der Waals surface area (Å²) in [6.07, 6.45) is -2.00. The van der Waals surface area contributed by atoms with Gasteiger partial charge in [0, 0.05) is 49.5 Å². The number of aromatic amines is 1. The van der Waals surface area contributed by atoms with Gasteiger partial charge in [0.1, 0.15) is 60.1 Å². The number of nitrogens with two attached hydrogens (primary N) is 4. The van der Waals surface area contributed by atoms with Crippen molar-refractivity contribution in [1.82, 2.24) is 52.4 Å². The van der Waals surface area contributed by atoms with Crippen LogP contribution >= 0.6 is 0 Å². The number of phenols is 1. The maximum atomic E-state index is 14.8. The minimum atomic E-state index is -1.90. The van der Waals surface area contributed by atoms with Crippen LogP contribution in [0.1, 0.15) is 104 Å². The van der Waals surface area contributed by atoms with Gasteiger partial charge in [-0.05, 0) is 80.2 Å². The molecular weight excluding hydrogens is 1190 g/mol. The lowest BCUT2D eigenvalue weighted by Gasteiger charge is -2.32. The maximum Gasteiger partial charge on any atom is 0.328 e. The van der Waals surface area contributed by atoms with Crippen molar-refractivity contribution in [1.29, 1.82) is 0 Å². The predicted molar refractivity (Wildman–Crippen MR) is 328 cm³/mol. The number of nitrogens with zero attached hydrogens (tertiary/aromatic N) is 2. The fourth-order valence-electron chi connectivity index (χ4n) is 9.98. The van der Waals surface area contributed by atoms with Gasteiger partial charge in [-0.15, -0.1) is 0 Å². The minimum Gasteiger partial charge on any atom is -0.508 e. The predicted octanol–water partition coefficient (Wildman–Crippen LogP) is -3.80. The van der Waals surface area contributed by atoms with Crippen molar-refractivity contribution in [2.45, 2.75) is 172 Å². The van der Waals surface area contributed by atoms with Gasteiger partial charge in [0.2, 0.25) is 59.1 Å². The van der Waals surface area contributed by atoms with Crippen LogP contribution in [0.2, 0.25) is 0 Å². The molecule has 2 aromatic carbocycles. The van der Waals surface area contributed by atoms with E-state index in [0.29, 0.717) is 29.3 Å². The molecule has 22 N–H and O–H groups in total. The number of aliphatic carboxylic acids is 2. The van der Waals surface area contributed by atoms with Gasteiger partial charge in [-0.25, -0.2) is 4.79 Å². The molecule has 10 amide bonds. The van der Waals surface area contributed by atoms with E-state index in [1.165, 1.54) is 29.2 Å². The van der Waals surface area contributed by atoms with Crippen molar-refractivity contribution in [3.8, 4) is 5.75 Å². The van der Waals surface area contributed by atoms with Gasteiger partial charge in [-0.1, -0.05) is 70.9 Å². The van der Waals surface area contributed by atoms with Crippen LogP contribution in [-0.4, -0.2) is 199 Å². The molecule has 32 nitrogen and oxygen atoms in total. The SMILES string of the molecule is CC[C@H](C)[C@H](NC(=O)[C@H](CCCN=C(N)N)NC(=O)[C@H](CCC(=O)O)NC(=O)[C@H](Cc1ccc(O)cc1)NC(=O)[C@H](CC(N)=O)NC(=O)[C@H](Cc1c[nH]c2ccccc12)NC(=O)[C@@H]1CCCN1C(=O)[C@@H](NC(=O)[C@@H](N)CO)[C@@H](C)CC)C(=O)N[C@H](C(=O)O)[C@@H](C)O. The van der Waals surface area contributed by atoms with E-state index in [2.05, 4.69) is 52.5 Å². The number of guanidine groups is 1. The normalized spacial score (nSPS) is 16.8. The van der Waals surface area contributed by atoms with E-state index in [4.69, 9.17) is 22.9 Å². The zero-order valence-electron chi connectivity index (χ0n) is 51.4. The van der Waals surface area contributed by atoms with E-state index in [-0.39, 0.29) is 62.5 Å². The summed E-state index contributed by atoms with van der Waals surface area (Å²) in [7, 11) is 0. The summed E-state index contributed by atoms with van der Waals surface area (Å²) < 4.78 is 0. The lowest BCUT2D eigenvalue weighted by atomic mass is 9.96. The number of carbonyl (C=O) groups excluding carboxylic acids is 10. The lowest BCUT2D eigenvalue weighted by Crippen LogP contribution is -2.61. The first kappa shape index (κ1) is 74.0. The standard InChI is InChI=1S/C59H87N15O17/c1-6-29(3)46(56(88)73-48(31(5)76)58(90)91)71-51(83)38(14-10-22-64-59(62)63)66-50(82)39(20-21-45(79)80)67-52(84)40(24-32-16-18-34(77)19-17-32)68-54(86)42(26-44(61)78)69-53(85)41(25-33-27-65-37-13-9-8-12-35(33)37)70-55(87)43-15-11-23-74(43)57(89)47(30(4)7-2)72-49(81)36(60)28-75/h8-9,12-13,16-19,27,29-31,36,38-43,46-48,65,75-77H,6-7,10-11,14-15,20-26,28,60H2,1-5H3,(H2,61,78)(H,66,82)(H,67,84)(H,68,86)(H,69,85)(H,70,87)(H,71,83)(H,72,81)(H,73,88)(H,79,80)(H,90,91)(H4,62,63,64)/t29-,30-,31+,36-,38-,39-,40-,41-,42-,43-,46-,47-,48-/m0/s1. The molecule has 0 aliphatic carbocycles. The van der Waals surface area contributed by atoms with E-state index < -0.39 is 182 Å². The highest BCUT2D eigenvalue weighted by Gasteiger charge is 2.42. The summed E-state index contributed by atoms with van der Waals surface area (Å²) in [6.45, 7) is 7.18. The number of nitrogens with one attached hydrogen (secondary N) is 9. The molecule has 0 spiro atoms. The number of aromatic hydroxyl groups is 1. The number of carboxylic acids is 2. The molecule has 4 rings (SSSR count). The molecule has 91 heavy (non-hydrogen) atoms. The molecule has 2 heterocycles. The van der Waals surface area contributed by atoms with Gasteiger partial charge < -0.3 is 101 Å². The Morgan fingerprint density at radius 2 is 1.20 bits per heavy atom. The van der Waals surface area contributed by atoms with Crippen LogP contribution in [0, 0.1) is 11.8 Å². The zero-order valence-corrected chi connectivity index (χ0v) is 51.4. The molecule has 0 unspecified atom stereocenters. The number of aliphatic hydroxyl groups excluding tert-OH is 2. The van der Waals surface area contributed by atoms with Crippen LogP contribution in [0.3, 0.4) is 0 Å². The van der Waals surface area contributed by atoms with E-state index in [0.717, 1.165) is 6.92 Å². The maximum absolute atomic E-state index is 14.8. The van der Waals surface area contributed by atoms with E-state index in [1.807, 2.05) is 0 Å². The van der Waals surface area contributed by atoms with E-state index in [1.54, 1.807) is 58.2 Å². The first-order chi connectivity index (χ1) is 43.0. The third-order valence-electron chi connectivity index (χ3n) is 15.6. The Morgan fingerprint density at radius 1 is 0.659 bits per heavy atom. The number of fused-ring (bicyclic) bond motifs is 1. The smallest absolute Gasteiger partial charge is 0.328 e. The zero-order chi connectivity index (χ0) is 67.8. The summed E-state index contributed by atoms with van der Waals surface area (Å²) in [5, 5.41) is 69.7. The summed E-state index contributed by atoms with van der Waals surface area (Å²) in [5.41, 5.74) is 23.9. The molecule has 1 saturated heterocycles. The second-order valence-corrected chi connectivity index (χ2v) is 22.6. The number of H-pyrrole nitrogens is 1. The van der Waals surface area contributed by atoms with Crippen LogP contribution in [0.15, 0.2) is 59.7 Å². The highest BCUT2D eigenvalue weighted by atomic mass is 16.4. The third-order valence-corrected chi connectivity index (χ3v) is 15.6. The number of hydrogen-bond donors (Lipinski definition) is 18. The second kappa shape index (κ2) is 35.7. The molecule has 0 saturated carbocycles. The Labute approximate surface area is 524 Å². The Morgan fingerprint density at radius 3 is 1.78 bits per heavy atom. The summed E-state index contributed by atoms with van der Waals surface area (Å²) in [5.74, 6) is -14.5. The quantitative estimate of drug-likeness (QED) is 0.0150. The first-order valence-electron chi connectivity index (χ1n) is 29.9. The molecule has 32 heteroatoms. The van der Waals surface area contributed by atoms with E-state index in [9.17, 15) is 83.1 Å². The Bertz CT molecular complexity index is 3080. The number of hydrogen-bond acceptors (Lipinski definition) is 17.